The number of halogens is 1. The molecule has 0 saturated carbocycles. The average molecular weight is 475 g/mol. The first-order valence-electron chi connectivity index (χ1n) is 10.9. The summed E-state index contributed by atoms with van der Waals surface area (Å²) in [5.41, 5.74) is 7.51. The van der Waals surface area contributed by atoms with Gasteiger partial charge in [-0.2, -0.15) is 5.26 Å². The van der Waals surface area contributed by atoms with Crippen molar-refractivity contribution in [1.29, 1.82) is 5.26 Å². The molecule has 1 aromatic carbocycles. The largest absolute Gasteiger partial charge is 0.382 e. The number of amides is 1. The van der Waals surface area contributed by atoms with Crippen molar-refractivity contribution in [2.45, 2.75) is 39.3 Å². The molecule has 0 bridgehead atoms. The lowest BCUT2D eigenvalue weighted by atomic mass is 10.0. The van der Waals surface area contributed by atoms with E-state index in [0.29, 0.717) is 17.0 Å². The van der Waals surface area contributed by atoms with Gasteiger partial charge in [-0.3, -0.25) is 4.79 Å². The molecule has 1 unspecified atom stereocenters. The number of hydrogen-bond acceptors (Lipinski definition) is 9. The second-order valence-corrected chi connectivity index (χ2v) is 8.24. The third-order valence-electron chi connectivity index (χ3n) is 5.42. The molecule has 0 saturated heterocycles. The van der Waals surface area contributed by atoms with Crippen LogP contribution in [0.1, 0.15) is 65.8 Å². The lowest BCUT2D eigenvalue weighted by Gasteiger charge is -2.19. The van der Waals surface area contributed by atoms with Crippen LogP contribution < -0.4 is 16.4 Å². The van der Waals surface area contributed by atoms with E-state index in [9.17, 15) is 14.4 Å². The van der Waals surface area contributed by atoms with Gasteiger partial charge in [0.2, 0.25) is 0 Å². The highest BCUT2D eigenvalue weighted by Gasteiger charge is 2.22. The van der Waals surface area contributed by atoms with Crippen molar-refractivity contribution in [2.75, 3.05) is 11.1 Å². The van der Waals surface area contributed by atoms with Crippen molar-refractivity contribution >= 4 is 28.4 Å². The second kappa shape index (κ2) is 9.72. The highest BCUT2D eigenvalue weighted by atomic mass is 19.1. The van der Waals surface area contributed by atoms with Gasteiger partial charge >= 0.3 is 0 Å². The van der Waals surface area contributed by atoms with Crippen LogP contribution in [0.5, 0.6) is 0 Å². The van der Waals surface area contributed by atoms with Crippen molar-refractivity contribution in [3.63, 3.8) is 0 Å². The number of nitrogen functional groups attached to an aromatic ring is 1. The minimum atomic E-state index is -0.595. The molecule has 178 valence electrons. The molecule has 4 aromatic rings. The first kappa shape index (κ1) is 23.6. The molecule has 0 radical (unpaired) electrons. The molecule has 4 rings (SSSR count). The number of benzene rings is 1. The Morgan fingerprint density at radius 3 is 2.77 bits per heavy atom. The fraction of sp³-hybridized carbons (Fsp3) is 0.250. The van der Waals surface area contributed by atoms with Gasteiger partial charge in [-0.25, -0.2) is 19.3 Å². The molecule has 0 fully saturated rings. The summed E-state index contributed by atoms with van der Waals surface area (Å²) in [6.07, 6.45) is 1.23. The molecule has 0 aliphatic heterocycles. The van der Waals surface area contributed by atoms with Gasteiger partial charge in [0, 0.05) is 11.5 Å². The van der Waals surface area contributed by atoms with Crippen LogP contribution in [0.4, 0.5) is 16.0 Å². The number of carbonyl (C=O) groups is 1. The second-order valence-electron chi connectivity index (χ2n) is 8.24. The quantitative estimate of drug-likeness (QED) is 0.362. The van der Waals surface area contributed by atoms with Gasteiger partial charge in [0.15, 0.2) is 5.76 Å². The van der Waals surface area contributed by atoms with E-state index >= 15 is 0 Å². The smallest absolute Gasteiger partial charge is 0.253 e. The number of aromatic nitrogens is 4. The third kappa shape index (κ3) is 4.86. The summed E-state index contributed by atoms with van der Waals surface area (Å²) in [5, 5.41) is 19.5. The van der Waals surface area contributed by atoms with E-state index < -0.39 is 17.8 Å². The van der Waals surface area contributed by atoms with Gasteiger partial charge in [0.1, 0.15) is 35.4 Å². The lowest BCUT2D eigenvalue weighted by Crippen LogP contribution is -2.26. The molecule has 10 nitrogen and oxygen atoms in total. The molecule has 0 spiro atoms. The van der Waals surface area contributed by atoms with Crippen molar-refractivity contribution in [3.05, 3.63) is 70.8 Å². The van der Waals surface area contributed by atoms with E-state index in [-0.39, 0.29) is 40.6 Å². The van der Waals surface area contributed by atoms with Crippen LogP contribution >= 0.6 is 0 Å². The van der Waals surface area contributed by atoms with Crippen LogP contribution in [-0.2, 0) is 6.54 Å². The predicted molar refractivity (Wildman–Crippen MR) is 127 cm³/mol. The minimum Gasteiger partial charge on any atom is -0.382 e. The molecule has 4 N–H and O–H groups in total. The maximum absolute atomic E-state index is 14.5. The zero-order chi connectivity index (χ0) is 25.1. The number of hydrogen-bond donors (Lipinski definition) is 3. The lowest BCUT2D eigenvalue weighted by molar-refractivity contribution is 0.0945. The molecule has 3 aromatic heterocycles. The van der Waals surface area contributed by atoms with Gasteiger partial charge in [-0.1, -0.05) is 25.1 Å². The maximum Gasteiger partial charge on any atom is 0.253 e. The molecule has 0 aliphatic carbocycles. The molecular weight excluding hydrogens is 451 g/mol. The molecule has 1 atom stereocenters. The maximum atomic E-state index is 14.5. The summed E-state index contributed by atoms with van der Waals surface area (Å²) in [6.45, 7) is 5.81. The van der Waals surface area contributed by atoms with Gasteiger partial charge in [0.25, 0.3) is 5.91 Å². The Morgan fingerprint density at radius 2 is 2.06 bits per heavy atom. The van der Waals surface area contributed by atoms with Gasteiger partial charge in [0.05, 0.1) is 35.1 Å². The zero-order valence-electron chi connectivity index (χ0n) is 19.3. The first-order chi connectivity index (χ1) is 16.8. The van der Waals surface area contributed by atoms with Gasteiger partial charge < -0.3 is 20.9 Å². The normalized spacial score (nSPS) is 11.9. The van der Waals surface area contributed by atoms with Crippen molar-refractivity contribution in [3.8, 4) is 6.07 Å². The summed E-state index contributed by atoms with van der Waals surface area (Å²) in [6, 6.07) is 9.10. The van der Waals surface area contributed by atoms with Crippen LogP contribution in [0.25, 0.3) is 10.9 Å². The number of nitrogens with zero attached hydrogens (tertiary/aromatic N) is 5. The Hall–Kier alpha value is -4.59. The monoisotopic (exact) mass is 474 g/mol. The molecule has 1 amide bonds. The summed E-state index contributed by atoms with van der Waals surface area (Å²) in [7, 11) is 0. The number of fused-ring (bicyclic) bond motifs is 1. The fourth-order valence-electron chi connectivity index (χ4n) is 3.53. The number of carbonyl (C=O) groups excluding carboxylic acids is 1. The number of anilines is 2. The number of nitrogens with two attached hydrogens (primary N) is 1. The molecule has 0 aliphatic rings. The standard InChI is InChI=1S/C24H23FN8O2/c1-12(2)20-7-14(35-33-20)10-28-24(34)16-8-15-18(25)5-4-6-19(15)32-21(16)13(3)31-23-17(9-26)22(27)29-11-30-23/h4-8,11-13H,10H2,1-3H3,(H,28,34)(H3,27,29,30,31). The van der Waals surface area contributed by atoms with Gasteiger partial charge in [-0.05, 0) is 31.0 Å². The predicted octanol–water partition coefficient (Wildman–Crippen LogP) is 3.83. The highest BCUT2D eigenvalue weighted by Crippen LogP contribution is 2.27. The summed E-state index contributed by atoms with van der Waals surface area (Å²) in [5.74, 6) is -0.0763. The van der Waals surface area contributed by atoms with Crippen LogP contribution in [-0.4, -0.2) is 26.0 Å². The van der Waals surface area contributed by atoms with Crippen molar-refractivity contribution in [2.24, 2.45) is 0 Å². The third-order valence-corrected chi connectivity index (χ3v) is 5.42. The fourth-order valence-corrected chi connectivity index (χ4v) is 3.53. The Kier molecular flexibility index (Phi) is 6.55. The van der Waals surface area contributed by atoms with Crippen LogP contribution in [0, 0.1) is 17.1 Å². The topological polar surface area (TPSA) is 156 Å². The van der Waals surface area contributed by atoms with E-state index in [1.54, 1.807) is 25.1 Å². The van der Waals surface area contributed by atoms with Crippen molar-refractivity contribution < 1.29 is 13.7 Å². The summed E-state index contributed by atoms with van der Waals surface area (Å²) >= 11 is 0. The van der Waals surface area contributed by atoms with E-state index in [1.807, 2.05) is 19.9 Å². The Labute approximate surface area is 200 Å². The summed E-state index contributed by atoms with van der Waals surface area (Å²) in [4.78, 5) is 25.7. The van der Waals surface area contributed by atoms with E-state index in [4.69, 9.17) is 10.3 Å². The molecule has 11 heteroatoms. The van der Waals surface area contributed by atoms with Crippen LogP contribution in [0.2, 0.25) is 0 Å². The minimum absolute atomic E-state index is 0.0246. The van der Waals surface area contributed by atoms with E-state index in [0.717, 1.165) is 5.69 Å². The van der Waals surface area contributed by atoms with Gasteiger partial charge in [-0.15, -0.1) is 0 Å². The zero-order valence-corrected chi connectivity index (χ0v) is 19.3. The SMILES string of the molecule is CC(C)c1cc(CNC(=O)c2cc3c(F)cccc3nc2C(C)Nc2ncnc(N)c2C#N)on1. The molecular formula is C24H23FN8O2. The molecule has 35 heavy (non-hydrogen) atoms. The Balaban J connectivity index is 1.68. The van der Waals surface area contributed by atoms with Crippen molar-refractivity contribution in [1.82, 2.24) is 25.4 Å². The number of rotatable bonds is 7. The number of nitrogens with one attached hydrogen (secondary N) is 2. The highest BCUT2D eigenvalue weighted by molar-refractivity contribution is 5.99. The van der Waals surface area contributed by atoms with E-state index in [1.165, 1.54) is 18.5 Å². The number of nitriles is 1. The Bertz CT molecular complexity index is 1440. The van der Waals surface area contributed by atoms with Crippen LogP contribution in [0.3, 0.4) is 0 Å². The average Bonchev–Trinajstić information content (AvgIpc) is 3.32. The summed E-state index contributed by atoms with van der Waals surface area (Å²) < 4.78 is 19.8. The Morgan fingerprint density at radius 1 is 1.26 bits per heavy atom. The molecule has 3 heterocycles. The van der Waals surface area contributed by atoms with E-state index in [2.05, 4.69) is 30.7 Å². The first-order valence-corrected chi connectivity index (χ1v) is 10.9. The van der Waals surface area contributed by atoms with Crippen LogP contribution in [0.15, 0.2) is 41.2 Å². The number of pyridine rings is 1.